The fourth-order valence-electron chi connectivity index (χ4n) is 5.24. The fourth-order valence-corrected chi connectivity index (χ4v) is 5.24. The number of nitrogen functional groups attached to an aromatic ring is 1. The van der Waals surface area contributed by atoms with Crippen LogP contribution < -0.4 is 21.3 Å². The van der Waals surface area contributed by atoms with Gasteiger partial charge in [0.25, 0.3) is 0 Å². The third-order valence-corrected chi connectivity index (χ3v) is 7.23. The summed E-state index contributed by atoms with van der Waals surface area (Å²) in [7, 11) is 0. The third-order valence-electron chi connectivity index (χ3n) is 7.23. The Labute approximate surface area is 231 Å². The van der Waals surface area contributed by atoms with Crippen molar-refractivity contribution in [1.82, 2.24) is 15.3 Å². The van der Waals surface area contributed by atoms with Crippen LogP contribution >= 0.6 is 0 Å². The normalized spacial score (nSPS) is 16.4. The van der Waals surface area contributed by atoms with Crippen molar-refractivity contribution in [3.8, 4) is 0 Å². The second kappa shape index (κ2) is 11.0. The van der Waals surface area contributed by atoms with E-state index in [0.717, 1.165) is 33.8 Å². The number of carbonyl (C=O) groups excluding carboxylic acids is 1. The van der Waals surface area contributed by atoms with Crippen molar-refractivity contribution in [2.24, 2.45) is 11.7 Å². The first kappa shape index (κ1) is 25.3. The van der Waals surface area contributed by atoms with Gasteiger partial charge in [-0.05, 0) is 42.3 Å². The van der Waals surface area contributed by atoms with Gasteiger partial charge >= 0.3 is 0 Å². The molecule has 0 aliphatic carbocycles. The SMILES string of the molecule is N=C(N)c1ccc2c(c1)N(CCNC(=O)C(Cc1ccccc1)C1=COCO1)C(Cc1nc3ccccc3[nH]1)N2. The van der Waals surface area contributed by atoms with Crippen molar-refractivity contribution in [2.75, 3.05) is 30.1 Å². The summed E-state index contributed by atoms with van der Waals surface area (Å²) in [6.07, 6.45) is 2.54. The standard InChI is InChI=1S/C30H31N7O3/c31-29(32)20-10-11-24-25(15-20)37(28(36-24)16-27-34-22-8-4-5-9-23(22)35-27)13-12-33-30(38)21(26-17-39-18-40-26)14-19-6-2-1-3-7-19/h1-11,15,17,21,28,36H,12-14,16,18H2,(H3,31,32)(H,33,38)(H,34,35). The summed E-state index contributed by atoms with van der Waals surface area (Å²) < 4.78 is 10.9. The van der Waals surface area contributed by atoms with E-state index in [4.69, 9.17) is 25.6 Å². The Morgan fingerprint density at radius 2 is 1.98 bits per heavy atom. The summed E-state index contributed by atoms with van der Waals surface area (Å²) in [5, 5.41) is 14.6. The number of anilines is 2. The Bertz CT molecular complexity index is 1530. The molecule has 204 valence electrons. The van der Waals surface area contributed by atoms with Gasteiger partial charge in [0.2, 0.25) is 12.7 Å². The lowest BCUT2D eigenvalue weighted by Gasteiger charge is -2.27. The van der Waals surface area contributed by atoms with Gasteiger partial charge in [-0.25, -0.2) is 4.98 Å². The lowest BCUT2D eigenvalue weighted by Crippen LogP contribution is -2.44. The lowest BCUT2D eigenvalue weighted by molar-refractivity contribution is -0.124. The number of amidine groups is 1. The molecule has 0 saturated carbocycles. The summed E-state index contributed by atoms with van der Waals surface area (Å²) in [5.74, 6) is 0.778. The molecule has 10 nitrogen and oxygen atoms in total. The van der Waals surface area contributed by atoms with E-state index < -0.39 is 5.92 Å². The minimum absolute atomic E-state index is 0.00704. The van der Waals surface area contributed by atoms with E-state index in [1.54, 1.807) is 0 Å². The molecule has 1 aromatic heterocycles. The van der Waals surface area contributed by atoms with E-state index in [1.165, 1.54) is 6.26 Å². The number of nitrogens with one attached hydrogen (secondary N) is 4. The van der Waals surface area contributed by atoms with Crippen molar-refractivity contribution in [2.45, 2.75) is 19.0 Å². The van der Waals surface area contributed by atoms with E-state index in [2.05, 4.69) is 20.5 Å². The van der Waals surface area contributed by atoms with E-state index in [-0.39, 0.29) is 24.7 Å². The predicted molar refractivity (Wildman–Crippen MR) is 154 cm³/mol. The molecule has 40 heavy (non-hydrogen) atoms. The number of aromatic amines is 1. The first-order chi connectivity index (χ1) is 19.5. The highest BCUT2D eigenvalue weighted by Crippen LogP contribution is 2.36. The smallest absolute Gasteiger partial charge is 0.231 e. The highest BCUT2D eigenvalue weighted by molar-refractivity contribution is 5.97. The molecule has 0 bridgehead atoms. The molecular weight excluding hydrogens is 506 g/mol. The number of imidazole rings is 1. The van der Waals surface area contributed by atoms with E-state index in [0.29, 0.717) is 37.3 Å². The number of ether oxygens (including phenoxy) is 2. The van der Waals surface area contributed by atoms with Crippen LogP contribution in [0.4, 0.5) is 11.4 Å². The molecule has 0 saturated heterocycles. The summed E-state index contributed by atoms with van der Waals surface area (Å²) in [5.41, 5.74) is 11.3. The number of nitrogens with zero attached hydrogens (tertiary/aromatic N) is 2. The van der Waals surface area contributed by atoms with E-state index in [9.17, 15) is 4.79 Å². The van der Waals surface area contributed by atoms with Crippen molar-refractivity contribution < 1.29 is 14.3 Å². The zero-order valence-electron chi connectivity index (χ0n) is 21.9. The number of carbonyl (C=O) groups is 1. The maximum Gasteiger partial charge on any atom is 0.231 e. The maximum atomic E-state index is 13.4. The monoisotopic (exact) mass is 537 g/mol. The van der Waals surface area contributed by atoms with Gasteiger partial charge in [0.1, 0.15) is 35.8 Å². The van der Waals surface area contributed by atoms with E-state index >= 15 is 0 Å². The zero-order chi connectivity index (χ0) is 27.5. The molecule has 2 atom stereocenters. The highest BCUT2D eigenvalue weighted by Gasteiger charge is 2.31. The van der Waals surface area contributed by atoms with Crippen LogP contribution in [0.1, 0.15) is 17.0 Å². The molecule has 3 aromatic carbocycles. The number of hydrogen-bond acceptors (Lipinski definition) is 7. The largest absolute Gasteiger partial charge is 0.462 e. The molecule has 0 radical (unpaired) electrons. The third kappa shape index (κ3) is 5.28. The zero-order valence-corrected chi connectivity index (χ0v) is 21.9. The van der Waals surface area contributed by atoms with Gasteiger partial charge in [0.05, 0.1) is 22.4 Å². The minimum Gasteiger partial charge on any atom is -0.462 e. The first-order valence-corrected chi connectivity index (χ1v) is 13.3. The van der Waals surface area contributed by atoms with Crippen LogP contribution in [-0.4, -0.2) is 47.8 Å². The van der Waals surface area contributed by atoms with Crippen LogP contribution in [0.2, 0.25) is 0 Å². The Balaban J connectivity index is 1.19. The quantitative estimate of drug-likeness (QED) is 0.154. The van der Waals surface area contributed by atoms with Crippen LogP contribution in [0.5, 0.6) is 0 Å². The van der Waals surface area contributed by atoms with E-state index in [1.807, 2.05) is 72.8 Å². The number of para-hydroxylation sites is 2. The Morgan fingerprint density at radius 3 is 2.75 bits per heavy atom. The number of rotatable bonds is 10. The molecule has 10 heteroatoms. The summed E-state index contributed by atoms with van der Waals surface area (Å²) >= 11 is 0. The number of benzene rings is 3. The fraction of sp³-hybridized carbons (Fsp3) is 0.233. The van der Waals surface area contributed by atoms with Crippen molar-refractivity contribution in [3.63, 3.8) is 0 Å². The lowest BCUT2D eigenvalue weighted by atomic mass is 9.97. The minimum atomic E-state index is -0.496. The summed E-state index contributed by atoms with van der Waals surface area (Å²) in [4.78, 5) is 23.7. The molecule has 2 aliphatic heterocycles. The molecule has 1 amide bonds. The molecule has 0 fully saturated rings. The molecular formula is C30H31N7O3. The van der Waals surface area contributed by atoms with Gasteiger partial charge in [-0.1, -0.05) is 42.5 Å². The predicted octanol–water partition coefficient (Wildman–Crippen LogP) is 3.47. The van der Waals surface area contributed by atoms with Gasteiger partial charge in [-0.15, -0.1) is 0 Å². The highest BCUT2D eigenvalue weighted by atomic mass is 16.7. The maximum absolute atomic E-state index is 13.4. The van der Waals surface area contributed by atoms with Crippen LogP contribution in [-0.2, 0) is 27.1 Å². The van der Waals surface area contributed by atoms with Crippen LogP contribution in [0.15, 0.2) is 84.8 Å². The first-order valence-electron chi connectivity index (χ1n) is 13.3. The topological polar surface area (TPSA) is 141 Å². The van der Waals surface area contributed by atoms with Crippen molar-refractivity contribution in [1.29, 1.82) is 5.41 Å². The second-order valence-electron chi connectivity index (χ2n) is 9.89. The molecule has 2 aliphatic rings. The number of hydrogen-bond donors (Lipinski definition) is 5. The summed E-state index contributed by atoms with van der Waals surface area (Å²) in [6, 6.07) is 23.5. The molecule has 6 N–H and O–H groups in total. The summed E-state index contributed by atoms with van der Waals surface area (Å²) in [6.45, 7) is 1.05. The van der Waals surface area contributed by atoms with Crippen molar-refractivity contribution >= 4 is 34.2 Å². The molecule has 2 unspecified atom stereocenters. The van der Waals surface area contributed by atoms with Gasteiger partial charge in [-0.2, -0.15) is 0 Å². The van der Waals surface area contributed by atoms with Crippen LogP contribution in [0.3, 0.4) is 0 Å². The van der Waals surface area contributed by atoms with Crippen LogP contribution in [0.25, 0.3) is 11.0 Å². The van der Waals surface area contributed by atoms with Gasteiger partial charge < -0.3 is 35.7 Å². The van der Waals surface area contributed by atoms with Gasteiger partial charge in [0, 0.05) is 25.1 Å². The number of aromatic nitrogens is 2. The number of nitrogens with two attached hydrogens (primary N) is 1. The molecule has 3 heterocycles. The Hall–Kier alpha value is -4.99. The van der Waals surface area contributed by atoms with Gasteiger partial charge in [0.15, 0.2) is 0 Å². The molecule has 4 aromatic rings. The number of H-pyrrole nitrogens is 1. The second-order valence-corrected chi connectivity index (χ2v) is 9.89. The van der Waals surface area contributed by atoms with Crippen LogP contribution in [0, 0.1) is 11.3 Å². The number of amides is 1. The average molecular weight is 538 g/mol. The average Bonchev–Trinajstić information content (AvgIpc) is 3.71. The number of fused-ring (bicyclic) bond motifs is 2. The van der Waals surface area contributed by atoms with Crippen molar-refractivity contribution in [3.05, 3.63) is 102 Å². The molecule has 0 spiro atoms. The Kier molecular flexibility index (Phi) is 6.96. The Morgan fingerprint density at radius 1 is 1.15 bits per heavy atom. The van der Waals surface area contributed by atoms with Gasteiger partial charge in [-0.3, -0.25) is 10.2 Å². The molecule has 6 rings (SSSR count).